The topological polar surface area (TPSA) is 50.4 Å². The minimum Gasteiger partial charge on any atom is -0.491 e. The van der Waals surface area contributed by atoms with E-state index in [1.165, 1.54) is 18.1 Å². The molecule has 0 fully saturated rings. The first-order valence-corrected chi connectivity index (χ1v) is 8.30. The number of hydrogen-bond donors (Lipinski definition) is 2. The number of carbonyl (C=O) groups is 1. The first kappa shape index (κ1) is 18.0. The minimum atomic E-state index is -0.0574. The maximum absolute atomic E-state index is 11.0. The van der Waals surface area contributed by atoms with E-state index in [-0.39, 0.29) is 18.1 Å². The highest BCUT2D eigenvalue weighted by Gasteiger charge is 2.07. The van der Waals surface area contributed by atoms with Crippen LogP contribution in [0.15, 0.2) is 48.5 Å². The largest absolute Gasteiger partial charge is 0.491 e. The minimum absolute atomic E-state index is 0.0574. The van der Waals surface area contributed by atoms with E-state index >= 15 is 0 Å². The molecule has 0 saturated heterocycles. The van der Waals surface area contributed by atoms with Gasteiger partial charge in [0, 0.05) is 25.2 Å². The summed E-state index contributed by atoms with van der Waals surface area (Å²) in [7, 11) is 0. The van der Waals surface area contributed by atoms with E-state index in [2.05, 4.69) is 29.7 Å². The van der Waals surface area contributed by atoms with E-state index in [4.69, 9.17) is 4.74 Å². The number of rotatable bonds is 7. The molecule has 1 atom stereocenters. The maximum Gasteiger partial charge on any atom is 0.221 e. The Morgan fingerprint density at radius 3 is 2.42 bits per heavy atom. The molecule has 0 aliphatic heterocycles. The van der Waals surface area contributed by atoms with Crippen molar-refractivity contribution < 1.29 is 9.53 Å². The summed E-state index contributed by atoms with van der Waals surface area (Å²) in [6, 6.07) is 16.3. The molecule has 0 aliphatic rings. The quantitative estimate of drug-likeness (QED) is 0.798. The Kier molecular flexibility index (Phi) is 6.38. The molecule has 24 heavy (non-hydrogen) atoms. The third kappa shape index (κ3) is 5.70. The molecule has 2 rings (SSSR count). The summed E-state index contributed by atoms with van der Waals surface area (Å²) < 4.78 is 5.75. The Morgan fingerprint density at radius 1 is 1.08 bits per heavy atom. The van der Waals surface area contributed by atoms with Crippen molar-refractivity contribution in [2.24, 2.45) is 0 Å². The highest BCUT2D eigenvalue weighted by molar-refractivity contribution is 5.88. The zero-order valence-corrected chi connectivity index (χ0v) is 14.8. The molecule has 2 aromatic rings. The summed E-state index contributed by atoms with van der Waals surface area (Å²) in [5.74, 6) is 0.841. The molecule has 0 aromatic heterocycles. The second kappa shape index (κ2) is 8.50. The molecule has 128 valence electrons. The Morgan fingerprint density at radius 2 is 1.79 bits per heavy atom. The Hall–Kier alpha value is -2.33. The molecule has 2 aromatic carbocycles. The van der Waals surface area contributed by atoms with Crippen molar-refractivity contribution in [3.05, 3.63) is 59.7 Å². The van der Waals surface area contributed by atoms with Crippen molar-refractivity contribution in [1.29, 1.82) is 0 Å². The third-order valence-electron chi connectivity index (χ3n) is 3.62. The van der Waals surface area contributed by atoms with Gasteiger partial charge in [0.05, 0.1) is 6.10 Å². The second-order valence-corrected chi connectivity index (χ2v) is 6.22. The zero-order chi connectivity index (χ0) is 17.5. The molecule has 4 heteroatoms. The van der Waals surface area contributed by atoms with E-state index in [0.29, 0.717) is 0 Å². The lowest BCUT2D eigenvalue weighted by Gasteiger charge is -2.17. The van der Waals surface area contributed by atoms with Crippen LogP contribution in [0.3, 0.4) is 0 Å². The molecule has 4 nitrogen and oxygen atoms in total. The summed E-state index contributed by atoms with van der Waals surface area (Å²) in [6.07, 6.45) is 0.172. The van der Waals surface area contributed by atoms with Crippen LogP contribution in [0.4, 0.5) is 5.69 Å². The van der Waals surface area contributed by atoms with Crippen LogP contribution >= 0.6 is 0 Å². The Bertz CT molecular complexity index is 666. The number of carbonyl (C=O) groups excluding carboxylic acids is 1. The Balaban J connectivity index is 1.92. The number of anilines is 1. The van der Waals surface area contributed by atoms with Crippen LogP contribution < -0.4 is 15.4 Å². The molecular weight excluding hydrogens is 300 g/mol. The molecule has 0 bridgehead atoms. The summed E-state index contributed by atoms with van der Waals surface area (Å²) in [4.78, 5) is 11.0. The van der Waals surface area contributed by atoms with E-state index < -0.39 is 0 Å². The number of nitrogens with one attached hydrogen (secondary N) is 2. The van der Waals surface area contributed by atoms with Crippen molar-refractivity contribution in [2.75, 3.05) is 5.32 Å². The predicted octanol–water partition coefficient (Wildman–Crippen LogP) is 4.28. The summed E-state index contributed by atoms with van der Waals surface area (Å²) in [5.41, 5.74) is 3.19. The lowest BCUT2D eigenvalue weighted by molar-refractivity contribution is -0.114. The van der Waals surface area contributed by atoms with Gasteiger partial charge in [-0.15, -0.1) is 0 Å². The van der Waals surface area contributed by atoms with Gasteiger partial charge in [-0.25, -0.2) is 0 Å². The molecule has 1 amide bonds. The highest BCUT2D eigenvalue weighted by atomic mass is 16.5. The smallest absolute Gasteiger partial charge is 0.221 e. The van der Waals surface area contributed by atoms with Crippen LogP contribution in [0.25, 0.3) is 0 Å². The van der Waals surface area contributed by atoms with Crippen LogP contribution in [-0.2, 0) is 11.3 Å². The summed E-state index contributed by atoms with van der Waals surface area (Å²) in [6.45, 7) is 8.46. The normalized spacial score (nSPS) is 12.0. The standard InChI is InChI=1S/C20H26N2O2/c1-14(2)24-20-7-5-6-18(12-20)15(3)21-13-17-8-10-19(11-9-17)22-16(4)23/h5-12,14-15,21H,13H2,1-4H3,(H,22,23). The number of amides is 1. The average molecular weight is 326 g/mol. The van der Waals surface area contributed by atoms with Crippen LogP contribution in [0, 0.1) is 0 Å². The van der Waals surface area contributed by atoms with Gasteiger partial charge in [0.1, 0.15) is 5.75 Å². The lowest BCUT2D eigenvalue weighted by Crippen LogP contribution is -2.18. The predicted molar refractivity (Wildman–Crippen MR) is 98.2 cm³/mol. The van der Waals surface area contributed by atoms with Crippen molar-refractivity contribution >= 4 is 11.6 Å². The molecule has 0 saturated carbocycles. The fraction of sp³-hybridized carbons (Fsp3) is 0.350. The van der Waals surface area contributed by atoms with E-state index in [0.717, 1.165) is 18.0 Å². The average Bonchev–Trinajstić information content (AvgIpc) is 2.53. The van der Waals surface area contributed by atoms with Gasteiger partial charge in [-0.3, -0.25) is 4.79 Å². The van der Waals surface area contributed by atoms with Gasteiger partial charge in [-0.05, 0) is 56.2 Å². The fourth-order valence-electron chi connectivity index (χ4n) is 2.43. The van der Waals surface area contributed by atoms with Gasteiger partial charge in [-0.2, -0.15) is 0 Å². The molecular formula is C20H26N2O2. The molecule has 0 aliphatic carbocycles. The van der Waals surface area contributed by atoms with Gasteiger partial charge in [0.2, 0.25) is 5.91 Å². The van der Waals surface area contributed by atoms with E-state index in [1.807, 2.05) is 50.2 Å². The monoisotopic (exact) mass is 326 g/mol. The van der Waals surface area contributed by atoms with Gasteiger partial charge in [-0.1, -0.05) is 24.3 Å². The van der Waals surface area contributed by atoms with Gasteiger partial charge >= 0.3 is 0 Å². The van der Waals surface area contributed by atoms with Crippen molar-refractivity contribution in [2.45, 2.75) is 46.4 Å². The molecule has 0 radical (unpaired) electrons. The maximum atomic E-state index is 11.0. The molecule has 1 unspecified atom stereocenters. The van der Waals surface area contributed by atoms with Crippen LogP contribution in [0.5, 0.6) is 5.75 Å². The first-order chi connectivity index (χ1) is 11.4. The molecule has 0 heterocycles. The molecule has 0 spiro atoms. The zero-order valence-electron chi connectivity index (χ0n) is 14.8. The summed E-state index contributed by atoms with van der Waals surface area (Å²) in [5, 5.41) is 6.28. The van der Waals surface area contributed by atoms with E-state index in [1.54, 1.807) is 0 Å². The van der Waals surface area contributed by atoms with Gasteiger partial charge in [0.15, 0.2) is 0 Å². The third-order valence-corrected chi connectivity index (χ3v) is 3.62. The van der Waals surface area contributed by atoms with Crippen molar-refractivity contribution in [3.8, 4) is 5.75 Å². The lowest BCUT2D eigenvalue weighted by atomic mass is 10.1. The van der Waals surface area contributed by atoms with Crippen molar-refractivity contribution in [3.63, 3.8) is 0 Å². The Labute approximate surface area is 144 Å². The van der Waals surface area contributed by atoms with Gasteiger partial charge < -0.3 is 15.4 Å². The number of hydrogen-bond acceptors (Lipinski definition) is 3. The van der Waals surface area contributed by atoms with Gasteiger partial charge in [0.25, 0.3) is 0 Å². The summed E-state index contributed by atoms with van der Waals surface area (Å²) >= 11 is 0. The highest BCUT2D eigenvalue weighted by Crippen LogP contribution is 2.20. The fourth-order valence-corrected chi connectivity index (χ4v) is 2.43. The molecule has 2 N–H and O–H groups in total. The van der Waals surface area contributed by atoms with Crippen LogP contribution in [0.1, 0.15) is 44.9 Å². The second-order valence-electron chi connectivity index (χ2n) is 6.22. The number of benzene rings is 2. The van der Waals surface area contributed by atoms with Crippen LogP contribution in [-0.4, -0.2) is 12.0 Å². The van der Waals surface area contributed by atoms with Crippen molar-refractivity contribution in [1.82, 2.24) is 5.32 Å². The SMILES string of the molecule is CC(=O)Nc1ccc(CNC(C)c2cccc(OC(C)C)c2)cc1. The van der Waals surface area contributed by atoms with Crippen LogP contribution in [0.2, 0.25) is 0 Å². The van der Waals surface area contributed by atoms with E-state index in [9.17, 15) is 4.79 Å². The number of ether oxygens (including phenoxy) is 1. The first-order valence-electron chi connectivity index (χ1n) is 8.30.